The van der Waals surface area contributed by atoms with Gasteiger partial charge in [-0.05, 0) is 24.6 Å². The average Bonchev–Trinajstić information content (AvgIpc) is 3.30. The number of ether oxygens (including phenoxy) is 2. The van der Waals surface area contributed by atoms with Crippen molar-refractivity contribution in [1.29, 1.82) is 0 Å². The minimum Gasteiger partial charge on any atom is -0.458 e. The molecule has 1 fully saturated rings. The highest BCUT2D eigenvalue weighted by Crippen LogP contribution is 2.46. The van der Waals surface area contributed by atoms with E-state index in [1.165, 1.54) is 0 Å². The van der Waals surface area contributed by atoms with E-state index in [-0.39, 0.29) is 31.0 Å². The summed E-state index contributed by atoms with van der Waals surface area (Å²) in [4.78, 5) is 40.4. The Hall–Kier alpha value is -3.31. The number of pyridine rings is 2. The van der Waals surface area contributed by atoms with Crippen LogP contribution in [0.15, 0.2) is 34.1 Å². The largest absolute Gasteiger partial charge is 0.458 e. The Kier molecular flexibility index (Phi) is 6.03. The normalized spacial score (nSPS) is 21.5. The Bertz CT molecular complexity index is 1560. The molecule has 198 valence electrons. The van der Waals surface area contributed by atoms with Gasteiger partial charge in [0.05, 0.1) is 65.3 Å². The molecular weight excluding hydrogens is 510 g/mol. The summed E-state index contributed by atoms with van der Waals surface area (Å²) in [7, 11) is 0. The highest BCUT2D eigenvalue weighted by molar-refractivity contribution is 6.11. The first kappa shape index (κ1) is 25.0. The SMILES string of the molecule is CC[C@@]1(O)C(=O)OCc2c1cc1n(c2=O)Cc2c-1nc1cccc3c1c2N(CCN1CCOCC1)C=N3.Cl. The fourth-order valence-electron chi connectivity index (χ4n) is 5.95. The number of carbonyl (C=O) groups excluding carboxylic acids is 1. The van der Waals surface area contributed by atoms with Gasteiger partial charge >= 0.3 is 5.97 Å². The van der Waals surface area contributed by atoms with Crippen molar-refractivity contribution >= 4 is 47.0 Å². The van der Waals surface area contributed by atoms with Gasteiger partial charge in [-0.3, -0.25) is 9.69 Å². The summed E-state index contributed by atoms with van der Waals surface area (Å²) in [5, 5.41) is 12.1. The number of carbonyl (C=O) groups is 1. The maximum atomic E-state index is 13.6. The molecular formula is C27H28ClN5O5. The highest BCUT2D eigenvalue weighted by Gasteiger charge is 2.45. The van der Waals surface area contributed by atoms with Crippen LogP contribution in [0.2, 0.25) is 0 Å². The molecule has 4 aliphatic heterocycles. The molecule has 0 radical (unpaired) electrons. The smallest absolute Gasteiger partial charge is 0.343 e. The van der Waals surface area contributed by atoms with Gasteiger partial charge in [-0.1, -0.05) is 13.0 Å². The number of cyclic esters (lactones) is 1. The second-order valence-electron chi connectivity index (χ2n) is 9.95. The number of morpholine rings is 1. The summed E-state index contributed by atoms with van der Waals surface area (Å²) >= 11 is 0. The van der Waals surface area contributed by atoms with Crippen LogP contribution in [0.4, 0.5) is 11.4 Å². The zero-order valence-electron chi connectivity index (χ0n) is 21.0. The molecule has 0 amide bonds. The zero-order valence-corrected chi connectivity index (χ0v) is 21.8. The van der Waals surface area contributed by atoms with E-state index < -0.39 is 11.6 Å². The van der Waals surface area contributed by atoms with Crippen molar-refractivity contribution in [1.82, 2.24) is 14.5 Å². The van der Waals surface area contributed by atoms with Crippen LogP contribution in [0.5, 0.6) is 0 Å². The maximum Gasteiger partial charge on any atom is 0.343 e. The Morgan fingerprint density at radius 3 is 2.74 bits per heavy atom. The molecule has 6 heterocycles. The first-order chi connectivity index (χ1) is 18.0. The van der Waals surface area contributed by atoms with Crippen molar-refractivity contribution in [3.63, 3.8) is 0 Å². The van der Waals surface area contributed by atoms with Gasteiger partial charge in [0.1, 0.15) is 6.61 Å². The van der Waals surface area contributed by atoms with Crippen LogP contribution < -0.4 is 10.5 Å². The minimum atomic E-state index is -1.85. The molecule has 38 heavy (non-hydrogen) atoms. The molecule has 1 N–H and O–H groups in total. The lowest BCUT2D eigenvalue weighted by Crippen LogP contribution is -2.44. The third-order valence-electron chi connectivity index (χ3n) is 8.05. The maximum absolute atomic E-state index is 13.6. The van der Waals surface area contributed by atoms with Gasteiger partial charge in [0.25, 0.3) is 5.56 Å². The van der Waals surface area contributed by atoms with Gasteiger partial charge in [-0.2, -0.15) is 0 Å². The minimum absolute atomic E-state index is 0. The Morgan fingerprint density at radius 1 is 1.13 bits per heavy atom. The van der Waals surface area contributed by atoms with E-state index in [0.717, 1.165) is 67.2 Å². The number of benzene rings is 1. The van der Waals surface area contributed by atoms with E-state index in [9.17, 15) is 14.7 Å². The number of anilines is 1. The molecule has 0 spiro atoms. The van der Waals surface area contributed by atoms with Crippen LogP contribution in [-0.2, 0) is 33.0 Å². The van der Waals surface area contributed by atoms with Gasteiger partial charge in [0.2, 0.25) is 0 Å². The van der Waals surface area contributed by atoms with E-state index in [0.29, 0.717) is 29.1 Å². The van der Waals surface area contributed by atoms with E-state index in [2.05, 4.69) is 9.80 Å². The number of aliphatic hydroxyl groups is 1. The number of hydrogen-bond donors (Lipinski definition) is 1. The monoisotopic (exact) mass is 537 g/mol. The summed E-state index contributed by atoms with van der Waals surface area (Å²) in [5.74, 6) is -0.721. The van der Waals surface area contributed by atoms with Crippen LogP contribution >= 0.6 is 12.4 Å². The second kappa shape index (κ2) is 9.16. The summed E-state index contributed by atoms with van der Waals surface area (Å²) in [6.07, 6.45) is 1.98. The van der Waals surface area contributed by atoms with Crippen molar-refractivity contribution in [2.24, 2.45) is 4.99 Å². The van der Waals surface area contributed by atoms with Crippen molar-refractivity contribution in [2.45, 2.75) is 32.1 Å². The van der Waals surface area contributed by atoms with Gasteiger partial charge in [0.15, 0.2) is 5.60 Å². The van der Waals surface area contributed by atoms with Gasteiger partial charge in [0, 0.05) is 37.3 Å². The Morgan fingerprint density at radius 2 is 1.95 bits per heavy atom. The third-order valence-corrected chi connectivity index (χ3v) is 8.05. The van der Waals surface area contributed by atoms with Crippen molar-refractivity contribution in [3.8, 4) is 11.4 Å². The number of rotatable bonds is 4. The molecule has 11 heteroatoms. The third kappa shape index (κ3) is 3.51. The lowest BCUT2D eigenvalue weighted by Gasteiger charge is -2.32. The lowest BCUT2D eigenvalue weighted by atomic mass is 9.86. The Balaban J connectivity index is 0.00000264. The molecule has 0 saturated carbocycles. The molecule has 2 aromatic heterocycles. The number of aliphatic imine (C=N–C) groups is 1. The summed E-state index contributed by atoms with van der Waals surface area (Å²) in [6.45, 7) is 6.80. The predicted octanol–water partition coefficient (Wildman–Crippen LogP) is 2.31. The van der Waals surface area contributed by atoms with Crippen molar-refractivity contribution in [2.75, 3.05) is 44.3 Å². The van der Waals surface area contributed by atoms with Crippen LogP contribution in [0.3, 0.4) is 0 Å². The summed E-state index contributed by atoms with van der Waals surface area (Å²) < 4.78 is 12.4. The fraction of sp³-hybridized carbons (Fsp3) is 0.407. The molecule has 10 nitrogen and oxygen atoms in total. The standard InChI is InChI=1S/C27H27N5O5.ClH/c1-2-27(35)18-12-21-23-16(13-32(21)25(33)17(18)14-37-26(27)34)24-22-19(4-3-5-20(22)29-23)28-15-31(24)7-6-30-8-10-36-11-9-30;/h3-5,12,15,35H,2,6-11,13-14H2,1H3;1H/t27-;/m0./s1. The summed E-state index contributed by atoms with van der Waals surface area (Å²) in [6, 6.07) is 7.63. The number of halogens is 1. The molecule has 0 unspecified atom stereocenters. The quantitative estimate of drug-likeness (QED) is 0.395. The number of nitrogens with zero attached hydrogens (tertiary/aromatic N) is 5. The number of fused-ring (bicyclic) bond motifs is 5. The topological polar surface area (TPSA) is 109 Å². The molecule has 1 aromatic carbocycles. The molecule has 4 aliphatic rings. The second-order valence-corrected chi connectivity index (χ2v) is 9.95. The number of aromatic nitrogens is 2. The average molecular weight is 538 g/mol. The van der Waals surface area contributed by atoms with Crippen molar-refractivity contribution < 1.29 is 19.4 Å². The molecule has 1 atom stereocenters. The number of hydrogen-bond acceptors (Lipinski definition) is 9. The van der Waals surface area contributed by atoms with Gasteiger partial charge in [-0.15, -0.1) is 12.4 Å². The highest BCUT2D eigenvalue weighted by atomic mass is 35.5. The predicted molar refractivity (Wildman–Crippen MR) is 145 cm³/mol. The first-order valence-corrected chi connectivity index (χ1v) is 12.7. The van der Waals surface area contributed by atoms with Crippen LogP contribution in [0, 0.1) is 0 Å². The van der Waals surface area contributed by atoms with Crippen LogP contribution in [0.25, 0.3) is 22.3 Å². The first-order valence-electron chi connectivity index (χ1n) is 12.7. The summed E-state index contributed by atoms with van der Waals surface area (Å²) in [5.41, 5.74) is 3.46. The molecule has 3 aromatic rings. The molecule has 1 saturated heterocycles. The van der Waals surface area contributed by atoms with Crippen LogP contribution in [-0.4, -0.2) is 71.3 Å². The van der Waals surface area contributed by atoms with Crippen molar-refractivity contribution in [3.05, 3.63) is 51.3 Å². The Labute approximate surface area is 224 Å². The number of esters is 1. The lowest BCUT2D eigenvalue weighted by molar-refractivity contribution is -0.172. The van der Waals surface area contributed by atoms with E-state index in [1.54, 1.807) is 17.6 Å². The van der Waals surface area contributed by atoms with E-state index in [4.69, 9.17) is 19.5 Å². The van der Waals surface area contributed by atoms with Crippen LogP contribution in [0.1, 0.15) is 30.0 Å². The van der Waals surface area contributed by atoms with Gasteiger partial charge < -0.3 is 24.0 Å². The molecule has 0 aliphatic carbocycles. The molecule has 7 rings (SSSR count). The van der Waals surface area contributed by atoms with Gasteiger partial charge in [-0.25, -0.2) is 14.8 Å². The van der Waals surface area contributed by atoms with E-state index in [1.807, 2.05) is 24.5 Å². The zero-order chi connectivity index (χ0) is 25.3. The van der Waals surface area contributed by atoms with E-state index >= 15 is 0 Å². The molecule has 0 bridgehead atoms. The fourth-order valence-corrected chi connectivity index (χ4v) is 5.95.